The summed E-state index contributed by atoms with van der Waals surface area (Å²) in [5.74, 6) is -0.329. The van der Waals surface area contributed by atoms with Crippen molar-refractivity contribution in [2.24, 2.45) is 0 Å². The molecular formula is C18H23FN4O. The molecular weight excluding hydrogens is 307 g/mol. The van der Waals surface area contributed by atoms with E-state index < -0.39 is 0 Å². The number of nitrogens with one attached hydrogen (secondary N) is 1. The van der Waals surface area contributed by atoms with Gasteiger partial charge >= 0.3 is 0 Å². The minimum absolute atomic E-state index is 0.0510. The first-order valence-electron chi connectivity index (χ1n) is 8.42. The Balaban J connectivity index is 1.68. The van der Waals surface area contributed by atoms with Crippen molar-refractivity contribution in [2.75, 3.05) is 18.0 Å². The van der Waals surface area contributed by atoms with Crippen molar-refractivity contribution in [1.29, 1.82) is 0 Å². The molecule has 1 aliphatic rings. The van der Waals surface area contributed by atoms with Crippen LogP contribution in [0.4, 0.5) is 10.1 Å². The van der Waals surface area contributed by atoms with Crippen LogP contribution in [0.5, 0.6) is 0 Å². The molecule has 128 valence electrons. The second-order valence-electron chi connectivity index (χ2n) is 6.23. The number of carbonyl (C=O) groups excluding carboxylic acids is 1. The Morgan fingerprint density at radius 3 is 3.00 bits per heavy atom. The average Bonchev–Trinajstić information content (AvgIpc) is 2.96. The van der Waals surface area contributed by atoms with Gasteiger partial charge in [0.25, 0.3) is 5.91 Å². The minimum atomic E-state index is -0.235. The first kappa shape index (κ1) is 16.5. The van der Waals surface area contributed by atoms with E-state index in [1.807, 2.05) is 26.0 Å². The summed E-state index contributed by atoms with van der Waals surface area (Å²) in [5.41, 5.74) is 2.30. The number of amides is 1. The Bertz CT molecular complexity index is 728. The van der Waals surface area contributed by atoms with Gasteiger partial charge in [0.05, 0.1) is 5.69 Å². The van der Waals surface area contributed by atoms with Gasteiger partial charge in [0, 0.05) is 31.4 Å². The highest BCUT2D eigenvalue weighted by atomic mass is 19.1. The van der Waals surface area contributed by atoms with Crippen molar-refractivity contribution in [3.8, 4) is 0 Å². The second-order valence-corrected chi connectivity index (χ2v) is 6.23. The maximum absolute atomic E-state index is 13.4. The molecule has 1 aromatic heterocycles. The maximum Gasteiger partial charge on any atom is 0.269 e. The number of carbonyl (C=O) groups is 1. The monoisotopic (exact) mass is 330 g/mol. The number of aryl methyl sites for hydroxylation is 2. The van der Waals surface area contributed by atoms with Crippen LogP contribution in [0.3, 0.4) is 0 Å². The van der Waals surface area contributed by atoms with Gasteiger partial charge in [-0.2, -0.15) is 5.10 Å². The van der Waals surface area contributed by atoms with E-state index in [1.54, 1.807) is 16.8 Å². The summed E-state index contributed by atoms with van der Waals surface area (Å²) in [6.45, 7) is 6.08. The van der Waals surface area contributed by atoms with Gasteiger partial charge in [0.15, 0.2) is 0 Å². The van der Waals surface area contributed by atoms with Crippen molar-refractivity contribution in [2.45, 2.75) is 39.3 Å². The molecule has 5 nitrogen and oxygen atoms in total. The second kappa shape index (κ2) is 7.03. The fraction of sp³-hybridized carbons (Fsp3) is 0.444. The van der Waals surface area contributed by atoms with Gasteiger partial charge in [-0.05, 0) is 51.0 Å². The molecule has 2 heterocycles. The van der Waals surface area contributed by atoms with Crippen molar-refractivity contribution in [3.63, 3.8) is 0 Å². The third kappa shape index (κ3) is 3.58. The highest BCUT2D eigenvalue weighted by Gasteiger charge is 2.23. The summed E-state index contributed by atoms with van der Waals surface area (Å²) in [6.07, 6.45) is 1.89. The lowest BCUT2D eigenvalue weighted by Gasteiger charge is -2.34. The van der Waals surface area contributed by atoms with Gasteiger partial charge < -0.3 is 10.2 Å². The van der Waals surface area contributed by atoms with Crippen molar-refractivity contribution in [3.05, 3.63) is 47.5 Å². The first-order valence-corrected chi connectivity index (χ1v) is 8.42. The van der Waals surface area contributed by atoms with E-state index in [2.05, 4.69) is 15.3 Å². The number of benzene rings is 1. The highest BCUT2D eigenvalue weighted by molar-refractivity contribution is 5.93. The van der Waals surface area contributed by atoms with Crippen LogP contribution in [-0.4, -0.2) is 34.8 Å². The lowest BCUT2D eigenvalue weighted by molar-refractivity contribution is 0.0922. The van der Waals surface area contributed by atoms with E-state index in [0.717, 1.165) is 30.8 Å². The Hall–Kier alpha value is -2.37. The van der Waals surface area contributed by atoms with Crippen LogP contribution in [0.2, 0.25) is 0 Å². The zero-order chi connectivity index (χ0) is 17.1. The minimum Gasteiger partial charge on any atom is -0.369 e. The number of piperidine rings is 1. The molecule has 1 atom stereocenters. The average molecular weight is 330 g/mol. The quantitative estimate of drug-likeness (QED) is 0.938. The molecule has 1 N–H and O–H groups in total. The number of hydrogen-bond acceptors (Lipinski definition) is 3. The molecule has 1 aromatic carbocycles. The van der Waals surface area contributed by atoms with E-state index in [9.17, 15) is 9.18 Å². The van der Waals surface area contributed by atoms with Crippen LogP contribution in [0, 0.1) is 12.7 Å². The summed E-state index contributed by atoms with van der Waals surface area (Å²) in [4.78, 5) is 14.7. The lowest BCUT2D eigenvalue weighted by Crippen LogP contribution is -2.48. The third-order valence-corrected chi connectivity index (χ3v) is 4.36. The molecule has 1 fully saturated rings. The van der Waals surface area contributed by atoms with Crippen LogP contribution in [0.25, 0.3) is 0 Å². The summed E-state index contributed by atoms with van der Waals surface area (Å²) >= 11 is 0. The highest BCUT2D eigenvalue weighted by Crippen LogP contribution is 2.21. The zero-order valence-corrected chi connectivity index (χ0v) is 14.1. The van der Waals surface area contributed by atoms with Gasteiger partial charge in [-0.15, -0.1) is 0 Å². The standard InChI is InChI=1S/C18H23FN4O/c1-3-23-17(10-13(2)21-23)18(24)20-15-7-5-9-22(12-15)16-8-4-6-14(19)11-16/h4,6,8,10-11,15H,3,5,7,9,12H2,1-2H3,(H,20,24). The van der Waals surface area contributed by atoms with Crippen LogP contribution >= 0.6 is 0 Å². The molecule has 1 aliphatic heterocycles. The summed E-state index contributed by atoms with van der Waals surface area (Å²) in [5, 5.41) is 7.42. The molecule has 0 spiro atoms. The van der Waals surface area contributed by atoms with E-state index >= 15 is 0 Å². The number of anilines is 1. The summed E-state index contributed by atoms with van der Waals surface area (Å²) < 4.78 is 15.2. The molecule has 24 heavy (non-hydrogen) atoms. The molecule has 1 unspecified atom stereocenters. The fourth-order valence-corrected chi connectivity index (χ4v) is 3.23. The molecule has 1 saturated heterocycles. The Labute approximate surface area is 141 Å². The van der Waals surface area contributed by atoms with Gasteiger partial charge in [-0.1, -0.05) is 6.07 Å². The van der Waals surface area contributed by atoms with E-state index in [4.69, 9.17) is 0 Å². The Kier molecular flexibility index (Phi) is 4.83. The normalized spacial score (nSPS) is 17.8. The first-order chi connectivity index (χ1) is 11.6. The SMILES string of the molecule is CCn1nc(C)cc1C(=O)NC1CCCN(c2cccc(F)c2)C1. The van der Waals surface area contributed by atoms with E-state index in [1.165, 1.54) is 6.07 Å². The molecule has 0 saturated carbocycles. The summed E-state index contributed by atoms with van der Waals surface area (Å²) in [6, 6.07) is 8.47. The Morgan fingerprint density at radius 2 is 2.25 bits per heavy atom. The molecule has 2 aromatic rings. The lowest BCUT2D eigenvalue weighted by atomic mass is 10.0. The van der Waals surface area contributed by atoms with Gasteiger partial charge in [-0.3, -0.25) is 9.48 Å². The van der Waals surface area contributed by atoms with Gasteiger partial charge in [0.1, 0.15) is 11.5 Å². The number of halogens is 1. The van der Waals surface area contributed by atoms with Crippen molar-refractivity contribution < 1.29 is 9.18 Å². The maximum atomic E-state index is 13.4. The van der Waals surface area contributed by atoms with Crippen LogP contribution in [0.1, 0.15) is 35.9 Å². The predicted molar refractivity (Wildman–Crippen MR) is 91.7 cm³/mol. The molecule has 0 radical (unpaired) electrons. The van der Waals surface area contributed by atoms with Gasteiger partial charge in [0.2, 0.25) is 0 Å². The third-order valence-electron chi connectivity index (χ3n) is 4.36. The van der Waals surface area contributed by atoms with Crippen molar-refractivity contribution >= 4 is 11.6 Å². The molecule has 0 bridgehead atoms. The van der Waals surface area contributed by atoms with Crippen LogP contribution in [-0.2, 0) is 6.54 Å². The Morgan fingerprint density at radius 1 is 1.42 bits per heavy atom. The fourth-order valence-electron chi connectivity index (χ4n) is 3.23. The van der Waals surface area contributed by atoms with Crippen molar-refractivity contribution in [1.82, 2.24) is 15.1 Å². The summed E-state index contributed by atoms with van der Waals surface area (Å²) in [7, 11) is 0. The zero-order valence-electron chi connectivity index (χ0n) is 14.1. The molecule has 1 amide bonds. The number of aromatic nitrogens is 2. The molecule has 6 heteroatoms. The number of rotatable bonds is 4. The van der Waals surface area contributed by atoms with E-state index in [-0.39, 0.29) is 17.8 Å². The topological polar surface area (TPSA) is 50.2 Å². The molecule has 3 rings (SSSR count). The number of nitrogens with zero attached hydrogens (tertiary/aromatic N) is 3. The smallest absolute Gasteiger partial charge is 0.269 e. The van der Waals surface area contributed by atoms with Crippen LogP contribution in [0.15, 0.2) is 30.3 Å². The predicted octanol–water partition coefficient (Wildman–Crippen LogP) is 2.75. The van der Waals surface area contributed by atoms with E-state index in [0.29, 0.717) is 18.8 Å². The molecule has 0 aliphatic carbocycles. The van der Waals surface area contributed by atoms with Gasteiger partial charge in [-0.25, -0.2) is 4.39 Å². The van der Waals surface area contributed by atoms with Crippen LogP contribution < -0.4 is 10.2 Å². The largest absolute Gasteiger partial charge is 0.369 e. The number of hydrogen-bond donors (Lipinski definition) is 1.